The zero-order valence-electron chi connectivity index (χ0n) is 23.7. The summed E-state index contributed by atoms with van der Waals surface area (Å²) in [4.78, 5) is 21.6. The molecule has 0 saturated heterocycles. The summed E-state index contributed by atoms with van der Waals surface area (Å²) < 4.78 is 20.5. The summed E-state index contributed by atoms with van der Waals surface area (Å²) in [6.45, 7) is 5.56. The number of aliphatic carboxylic acids is 1. The summed E-state index contributed by atoms with van der Waals surface area (Å²) in [6.07, 6.45) is 6.38. The van der Waals surface area contributed by atoms with Crippen molar-refractivity contribution in [3.05, 3.63) is 96.6 Å². The summed E-state index contributed by atoms with van der Waals surface area (Å²) in [5, 5.41) is 25.8. The Bertz CT molecular complexity index is 1200. The van der Waals surface area contributed by atoms with Gasteiger partial charge in [-0.1, -0.05) is 43.0 Å². The maximum atomic E-state index is 11.2. The van der Waals surface area contributed by atoms with Crippen molar-refractivity contribution in [2.45, 2.75) is 32.6 Å². The highest BCUT2D eigenvalue weighted by atomic mass is 16.6. The summed E-state index contributed by atoms with van der Waals surface area (Å²) in [7, 11) is 0. The van der Waals surface area contributed by atoms with Crippen LogP contribution in [0.25, 0.3) is 17.2 Å². The number of carbonyl (C=O) groups excluding carboxylic acids is 1. The number of aliphatic hydroxyl groups excluding tert-OH is 2. The van der Waals surface area contributed by atoms with E-state index in [1.807, 2.05) is 48.5 Å². The lowest BCUT2D eigenvalue weighted by molar-refractivity contribution is -0.139. The number of rotatable bonds is 16. The van der Waals surface area contributed by atoms with Gasteiger partial charge in [-0.15, -0.1) is 0 Å². The van der Waals surface area contributed by atoms with Gasteiger partial charge >= 0.3 is 11.9 Å². The zero-order valence-corrected chi connectivity index (χ0v) is 23.7. The van der Waals surface area contributed by atoms with Gasteiger partial charge in [0.05, 0.1) is 13.2 Å². The molecule has 0 heterocycles. The van der Waals surface area contributed by atoms with Crippen LogP contribution in [0.1, 0.15) is 38.2 Å². The minimum absolute atomic E-state index is 0.327. The molecule has 3 N–H and O–H groups in total. The van der Waals surface area contributed by atoms with Crippen molar-refractivity contribution in [2.24, 2.45) is 0 Å². The minimum Gasteiger partial charge on any atom is -0.494 e. The molecule has 0 atom stereocenters. The molecule has 0 fully saturated rings. The largest absolute Gasteiger partial charge is 0.494 e. The third-order valence-electron chi connectivity index (χ3n) is 5.69. The normalized spacial score (nSPS) is 10.4. The molecule has 0 aliphatic rings. The summed E-state index contributed by atoms with van der Waals surface area (Å²) in [5.74, 6) is 0.713. The van der Waals surface area contributed by atoms with E-state index < -0.39 is 5.97 Å². The van der Waals surface area contributed by atoms with Crippen LogP contribution in [0.5, 0.6) is 17.2 Å². The van der Waals surface area contributed by atoms with Crippen LogP contribution >= 0.6 is 0 Å². The Morgan fingerprint density at radius 3 is 1.60 bits per heavy atom. The summed E-state index contributed by atoms with van der Waals surface area (Å²) in [6, 6.07) is 22.1. The van der Waals surface area contributed by atoms with Crippen molar-refractivity contribution in [3.8, 4) is 28.4 Å². The van der Waals surface area contributed by atoms with Crippen molar-refractivity contribution >= 4 is 18.0 Å². The van der Waals surface area contributed by atoms with Gasteiger partial charge in [0.1, 0.15) is 17.2 Å². The number of aliphatic hydroxyl groups is 2. The lowest BCUT2D eigenvalue weighted by atomic mass is 10.1. The van der Waals surface area contributed by atoms with Crippen molar-refractivity contribution < 1.29 is 43.9 Å². The van der Waals surface area contributed by atoms with E-state index in [0.717, 1.165) is 54.2 Å². The van der Waals surface area contributed by atoms with Crippen LogP contribution in [0.15, 0.2) is 91.0 Å². The monoisotopic (exact) mass is 578 g/mol. The van der Waals surface area contributed by atoms with E-state index >= 15 is 0 Å². The van der Waals surface area contributed by atoms with Crippen LogP contribution in [0.3, 0.4) is 0 Å². The average Bonchev–Trinajstić information content (AvgIpc) is 2.99. The topological polar surface area (TPSA) is 132 Å². The van der Waals surface area contributed by atoms with Crippen LogP contribution in [0.2, 0.25) is 0 Å². The molecule has 42 heavy (non-hydrogen) atoms. The van der Waals surface area contributed by atoms with Crippen molar-refractivity contribution in [3.63, 3.8) is 0 Å². The van der Waals surface area contributed by atoms with E-state index in [2.05, 4.69) is 6.58 Å². The van der Waals surface area contributed by atoms with E-state index in [9.17, 15) is 9.59 Å². The van der Waals surface area contributed by atoms with Gasteiger partial charge in [-0.05, 0) is 91.8 Å². The van der Waals surface area contributed by atoms with Gasteiger partial charge in [0.25, 0.3) is 0 Å². The third-order valence-corrected chi connectivity index (χ3v) is 5.69. The van der Waals surface area contributed by atoms with Gasteiger partial charge in [0.15, 0.2) is 13.6 Å². The van der Waals surface area contributed by atoms with Crippen LogP contribution in [0, 0.1) is 0 Å². The standard InChI is InChI=1S/C19H24O5.C14H14O4/c1-15(2)19(22)24-14-6-4-3-5-13-23-17-10-7-16(8-11-17)9-12-18(20)21;15-9-17-13-5-1-11(2-6-13)12-3-7-14(8-4-12)18-10-16/h7-12H,1,3-6,13-14H2,2H3,(H,20,21);1-8,15-16H,9-10H2/b12-9+;. The van der Waals surface area contributed by atoms with Crippen LogP contribution in [-0.2, 0) is 14.3 Å². The maximum absolute atomic E-state index is 11.2. The number of carbonyl (C=O) groups is 2. The van der Waals surface area contributed by atoms with Gasteiger partial charge < -0.3 is 34.3 Å². The molecular formula is C33H38O9. The number of unbranched alkanes of at least 4 members (excludes halogenated alkanes) is 3. The summed E-state index contributed by atoms with van der Waals surface area (Å²) >= 11 is 0. The molecule has 3 aromatic rings. The predicted octanol–water partition coefficient (Wildman–Crippen LogP) is 5.85. The number of carboxylic acids is 1. The molecule has 0 aliphatic carbocycles. The lowest BCUT2D eigenvalue weighted by Gasteiger charge is -2.07. The molecular weight excluding hydrogens is 540 g/mol. The first-order valence-corrected chi connectivity index (χ1v) is 13.5. The fraction of sp³-hybridized carbons (Fsp3) is 0.273. The first kappa shape index (κ1) is 33.6. The number of carboxylic acid groups (broad SMARTS) is 1. The number of esters is 1. The van der Waals surface area contributed by atoms with Gasteiger partial charge in [-0.3, -0.25) is 0 Å². The molecule has 0 radical (unpaired) electrons. The van der Waals surface area contributed by atoms with Gasteiger partial charge in [-0.2, -0.15) is 0 Å². The van der Waals surface area contributed by atoms with E-state index in [1.165, 1.54) is 6.08 Å². The molecule has 3 rings (SSSR count). The molecule has 0 aliphatic heterocycles. The second-order valence-corrected chi connectivity index (χ2v) is 9.02. The predicted molar refractivity (Wildman–Crippen MR) is 160 cm³/mol. The Labute approximate surface area is 246 Å². The molecule has 224 valence electrons. The van der Waals surface area contributed by atoms with E-state index in [4.69, 9.17) is 34.3 Å². The first-order valence-electron chi connectivity index (χ1n) is 13.5. The maximum Gasteiger partial charge on any atom is 0.333 e. The van der Waals surface area contributed by atoms with E-state index in [0.29, 0.717) is 30.3 Å². The molecule has 0 amide bonds. The Kier molecular flexibility index (Phi) is 15.6. The third kappa shape index (κ3) is 13.6. The molecule has 0 unspecified atom stereocenters. The molecule has 0 bridgehead atoms. The smallest absolute Gasteiger partial charge is 0.333 e. The van der Waals surface area contributed by atoms with Crippen LogP contribution in [0.4, 0.5) is 0 Å². The van der Waals surface area contributed by atoms with Gasteiger partial charge in [-0.25, -0.2) is 9.59 Å². The molecule has 9 heteroatoms. The molecule has 9 nitrogen and oxygen atoms in total. The summed E-state index contributed by atoms with van der Waals surface area (Å²) in [5.41, 5.74) is 3.31. The highest BCUT2D eigenvalue weighted by molar-refractivity contribution is 5.87. The van der Waals surface area contributed by atoms with E-state index in [-0.39, 0.29) is 19.6 Å². The van der Waals surface area contributed by atoms with Crippen molar-refractivity contribution in [1.82, 2.24) is 0 Å². The number of benzene rings is 3. The molecule has 3 aromatic carbocycles. The number of hydrogen-bond acceptors (Lipinski definition) is 8. The number of hydrogen-bond donors (Lipinski definition) is 3. The quantitative estimate of drug-likeness (QED) is 0.0828. The van der Waals surface area contributed by atoms with Crippen molar-refractivity contribution in [1.29, 1.82) is 0 Å². The Hall–Kier alpha value is -4.60. The fourth-order valence-corrected chi connectivity index (χ4v) is 3.51. The highest BCUT2D eigenvalue weighted by Gasteiger charge is 2.02. The van der Waals surface area contributed by atoms with Gasteiger partial charge in [0.2, 0.25) is 0 Å². The second kappa shape index (κ2) is 19.5. The van der Waals surface area contributed by atoms with E-state index in [1.54, 1.807) is 31.2 Å². The minimum atomic E-state index is -0.968. The SMILES string of the molecule is C=C(C)C(=O)OCCCCCCOc1ccc(/C=C/C(=O)O)cc1.OCOc1ccc(-c2ccc(OCO)cc2)cc1. The Morgan fingerprint density at radius 2 is 1.14 bits per heavy atom. The van der Waals surface area contributed by atoms with Crippen LogP contribution in [-0.4, -0.2) is 54.1 Å². The lowest BCUT2D eigenvalue weighted by Crippen LogP contribution is -2.06. The molecule has 0 aromatic heterocycles. The highest BCUT2D eigenvalue weighted by Crippen LogP contribution is 2.24. The first-order chi connectivity index (χ1) is 20.3. The van der Waals surface area contributed by atoms with Gasteiger partial charge in [0, 0.05) is 11.6 Å². The van der Waals surface area contributed by atoms with Crippen molar-refractivity contribution in [2.75, 3.05) is 26.8 Å². The molecule has 0 saturated carbocycles. The molecule has 0 spiro atoms. The van der Waals surface area contributed by atoms with Crippen LogP contribution < -0.4 is 14.2 Å². The average molecular weight is 579 g/mol. The second-order valence-electron chi connectivity index (χ2n) is 9.02. The Balaban J connectivity index is 0.000000305. The fourth-order valence-electron chi connectivity index (χ4n) is 3.51. The zero-order chi connectivity index (χ0) is 30.6. The number of ether oxygens (including phenoxy) is 4. The Morgan fingerprint density at radius 1 is 0.690 bits per heavy atom.